The van der Waals surface area contributed by atoms with Gasteiger partial charge in [-0.2, -0.15) is 11.8 Å². The van der Waals surface area contributed by atoms with Crippen LogP contribution in [0.15, 0.2) is 12.1 Å². The van der Waals surface area contributed by atoms with Crippen LogP contribution in [0.2, 0.25) is 0 Å². The summed E-state index contributed by atoms with van der Waals surface area (Å²) in [7, 11) is 1.64. The van der Waals surface area contributed by atoms with Crippen LogP contribution in [0.1, 0.15) is 35.3 Å². The van der Waals surface area contributed by atoms with Crippen molar-refractivity contribution in [2.24, 2.45) is 0 Å². The maximum atomic E-state index is 12.8. The van der Waals surface area contributed by atoms with Gasteiger partial charge in [0.25, 0.3) is 0 Å². The standard InChI is InChI=1S/C16H22O2S2/c1-9-6-10(2)15(13(7-9)18-5)16(17)14-8-19-11(3)12(4)20-14/h6-7,11-12,14H,8H2,1-5H3. The molecular formula is C16H22O2S2. The molecule has 20 heavy (non-hydrogen) atoms. The van der Waals surface area contributed by atoms with Gasteiger partial charge in [0.1, 0.15) is 5.75 Å². The lowest BCUT2D eigenvalue weighted by Gasteiger charge is -2.31. The number of thioether (sulfide) groups is 2. The van der Waals surface area contributed by atoms with Crippen molar-refractivity contribution < 1.29 is 9.53 Å². The third-order valence-electron chi connectivity index (χ3n) is 3.75. The van der Waals surface area contributed by atoms with Gasteiger partial charge in [0.05, 0.1) is 17.9 Å². The quantitative estimate of drug-likeness (QED) is 0.785. The van der Waals surface area contributed by atoms with Crippen LogP contribution < -0.4 is 4.74 Å². The van der Waals surface area contributed by atoms with Gasteiger partial charge in [0, 0.05) is 16.3 Å². The summed E-state index contributed by atoms with van der Waals surface area (Å²) in [5.74, 6) is 1.82. The summed E-state index contributed by atoms with van der Waals surface area (Å²) >= 11 is 3.70. The summed E-state index contributed by atoms with van der Waals surface area (Å²) in [5, 5.41) is 1.17. The zero-order valence-corrected chi connectivity index (χ0v) is 14.4. The zero-order chi connectivity index (χ0) is 14.9. The minimum absolute atomic E-state index is 0.0431. The van der Waals surface area contributed by atoms with E-state index in [9.17, 15) is 4.79 Å². The number of hydrogen-bond donors (Lipinski definition) is 0. The van der Waals surface area contributed by atoms with E-state index in [-0.39, 0.29) is 11.0 Å². The van der Waals surface area contributed by atoms with Gasteiger partial charge >= 0.3 is 0 Å². The van der Waals surface area contributed by atoms with Crippen molar-refractivity contribution in [3.63, 3.8) is 0 Å². The van der Waals surface area contributed by atoms with E-state index in [0.29, 0.717) is 16.2 Å². The molecule has 2 rings (SSSR count). The second-order valence-electron chi connectivity index (χ2n) is 5.39. The number of aryl methyl sites for hydroxylation is 2. The molecule has 1 aliphatic heterocycles. The highest BCUT2D eigenvalue weighted by atomic mass is 32.2. The topological polar surface area (TPSA) is 26.3 Å². The van der Waals surface area contributed by atoms with Gasteiger partial charge in [-0.05, 0) is 31.0 Å². The minimum atomic E-state index is 0.0431. The van der Waals surface area contributed by atoms with Gasteiger partial charge in [0.2, 0.25) is 0 Å². The lowest BCUT2D eigenvalue weighted by Crippen LogP contribution is -2.32. The van der Waals surface area contributed by atoms with E-state index < -0.39 is 0 Å². The van der Waals surface area contributed by atoms with Gasteiger partial charge in [-0.3, -0.25) is 4.79 Å². The molecule has 0 saturated carbocycles. The van der Waals surface area contributed by atoms with Crippen molar-refractivity contribution >= 4 is 29.3 Å². The van der Waals surface area contributed by atoms with Crippen LogP contribution >= 0.6 is 23.5 Å². The number of rotatable bonds is 3. The van der Waals surface area contributed by atoms with E-state index in [1.54, 1.807) is 18.9 Å². The first-order valence-corrected chi connectivity index (χ1v) is 8.89. The van der Waals surface area contributed by atoms with Gasteiger partial charge < -0.3 is 4.74 Å². The molecular weight excluding hydrogens is 288 g/mol. The molecule has 0 aromatic heterocycles. The molecule has 0 spiro atoms. The molecule has 1 heterocycles. The van der Waals surface area contributed by atoms with E-state index in [1.807, 2.05) is 31.7 Å². The second kappa shape index (κ2) is 6.44. The largest absolute Gasteiger partial charge is 0.496 e. The Morgan fingerprint density at radius 3 is 2.55 bits per heavy atom. The molecule has 0 aliphatic carbocycles. The average molecular weight is 310 g/mol. The molecule has 1 aliphatic rings. The van der Waals surface area contributed by atoms with Crippen molar-refractivity contribution in [2.45, 2.75) is 43.4 Å². The minimum Gasteiger partial charge on any atom is -0.496 e. The first kappa shape index (κ1) is 15.8. The number of hydrogen-bond acceptors (Lipinski definition) is 4. The Bertz CT molecular complexity index is 513. The molecule has 0 bridgehead atoms. The van der Waals surface area contributed by atoms with E-state index in [1.165, 1.54) is 0 Å². The van der Waals surface area contributed by atoms with Crippen LogP contribution in [0.25, 0.3) is 0 Å². The number of ketones is 1. The predicted octanol–water partition coefficient (Wildman–Crippen LogP) is 4.12. The average Bonchev–Trinajstić information content (AvgIpc) is 2.40. The third-order valence-corrected chi connectivity index (χ3v) is 7.14. The highest BCUT2D eigenvalue weighted by molar-refractivity contribution is 8.08. The molecule has 1 aromatic rings. The summed E-state index contributed by atoms with van der Waals surface area (Å²) in [6.45, 7) is 8.47. The van der Waals surface area contributed by atoms with Gasteiger partial charge in [-0.25, -0.2) is 0 Å². The first-order valence-electron chi connectivity index (χ1n) is 6.90. The Morgan fingerprint density at radius 2 is 1.95 bits per heavy atom. The smallest absolute Gasteiger partial charge is 0.180 e. The van der Waals surface area contributed by atoms with Crippen molar-refractivity contribution in [1.82, 2.24) is 0 Å². The fraction of sp³-hybridized carbons (Fsp3) is 0.562. The van der Waals surface area contributed by atoms with Gasteiger partial charge in [0.15, 0.2) is 5.78 Å². The first-order chi connectivity index (χ1) is 9.43. The van der Waals surface area contributed by atoms with Crippen molar-refractivity contribution in [2.75, 3.05) is 12.9 Å². The second-order valence-corrected chi connectivity index (χ2v) is 8.39. The Kier molecular flexibility index (Phi) is 5.08. The number of carbonyl (C=O) groups is 1. The van der Waals surface area contributed by atoms with Crippen molar-refractivity contribution in [3.05, 3.63) is 28.8 Å². The fourth-order valence-corrected chi connectivity index (χ4v) is 5.35. The number of methoxy groups -OCH3 is 1. The van der Waals surface area contributed by atoms with Gasteiger partial charge in [-0.1, -0.05) is 19.9 Å². The Balaban J connectivity index is 2.30. The summed E-state index contributed by atoms with van der Waals surface area (Å²) < 4.78 is 5.43. The summed E-state index contributed by atoms with van der Waals surface area (Å²) in [6.07, 6.45) is 0. The molecule has 1 fully saturated rings. The monoisotopic (exact) mass is 310 g/mol. The van der Waals surface area contributed by atoms with E-state index in [0.717, 1.165) is 22.4 Å². The molecule has 0 N–H and O–H groups in total. The molecule has 110 valence electrons. The fourth-order valence-electron chi connectivity index (χ4n) is 2.49. The predicted molar refractivity (Wildman–Crippen MR) is 89.6 cm³/mol. The van der Waals surface area contributed by atoms with Crippen LogP contribution in [0, 0.1) is 13.8 Å². The van der Waals surface area contributed by atoms with E-state index in [4.69, 9.17) is 4.74 Å². The highest BCUT2D eigenvalue weighted by Crippen LogP contribution is 2.38. The zero-order valence-electron chi connectivity index (χ0n) is 12.7. The van der Waals surface area contributed by atoms with Gasteiger partial charge in [-0.15, -0.1) is 11.8 Å². The molecule has 1 saturated heterocycles. The van der Waals surface area contributed by atoms with Crippen molar-refractivity contribution in [3.8, 4) is 5.75 Å². The molecule has 4 heteroatoms. The van der Waals surface area contributed by atoms with Crippen LogP contribution in [0.3, 0.4) is 0 Å². The van der Waals surface area contributed by atoms with Crippen LogP contribution in [-0.4, -0.2) is 34.4 Å². The number of Topliss-reactive ketones (excluding diaryl/α,β-unsaturated/α-hetero) is 1. The summed E-state index contributed by atoms with van der Waals surface area (Å²) in [6, 6.07) is 4.01. The molecule has 0 radical (unpaired) electrons. The van der Waals surface area contributed by atoms with Crippen molar-refractivity contribution in [1.29, 1.82) is 0 Å². The lowest BCUT2D eigenvalue weighted by atomic mass is 9.99. The maximum Gasteiger partial charge on any atom is 0.180 e. The number of carbonyl (C=O) groups excluding carboxylic acids is 1. The Hall–Kier alpha value is -0.610. The molecule has 3 atom stereocenters. The van der Waals surface area contributed by atoms with Crippen LogP contribution in [0.4, 0.5) is 0 Å². The lowest BCUT2D eigenvalue weighted by molar-refractivity contribution is 0.0991. The number of benzene rings is 1. The molecule has 1 aromatic carbocycles. The maximum absolute atomic E-state index is 12.8. The normalized spacial score (nSPS) is 26.4. The highest BCUT2D eigenvalue weighted by Gasteiger charge is 2.32. The SMILES string of the molecule is COc1cc(C)cc(C)c1C(=O)C1CSC(C)C(C)S1. The summed E-state index contributed by atoms with van der Waals surface area (Å²) in [5.41, 5.74) is 2.91. The molecule has 0 amide bonds. The number of ether oxygens (including phenoxy) is 1. The molecule has 3 unspecified atom stereocenters. The summed E-state index contributed by atoms with van der Waals surface area (Å²) in [4.78, 5) is 12.8. The van der Waals surface area contributed by atoms with E-state index in [2.05, 4.69) is 19.9 Å². The van der Waals surface area contributed by atoms with Crippen LogP contribution in [0.5, 0.6) is 5.75 Å². The van der Waals surface area contributed by atoms with E-state index >= 15 is 0 Å². The molecule has 2 nitrogen and oxygen atoms in total. The Labute approximate surface area is 130 Å². The Morgan fingerprint density at radius 1 is 1.25 bits per heavy atom. The van der Waals surface area contributed by atoms with Crippen LogP contribution in [-0.2, 0) is 0 Å². The third kappa shape index (κ3) is 3.17.